The van der Waals surface area contributed by atoms with Gasteiger partial charge in [-0.1, -0.05) is 12.8 Å². The highest BCUT2D eigenvalue weighted by molar-refractivity contribution is 5.76. The van der Waals surface area contributed by atoms with Gasteiger partial charge in [0.25, 0.3) is 0 Å². The van der Waals surface area contributed by atoms with Crippen LogP contribution < -0.4 is 11.1 Å². The lowest BCUT2D eigenvalue weighted by Crippen LogP contribution is -2.44. The summed E-state index contributed by atoms with van der Waals surface area (Å²) in [6, 6.07) is 0.300. The van der Waals surface area contributed by atoms with Gasteiger partial charge in [-0.3, -0.25) is 4.79 Å². The minimum absolute atomic E-state index is 0.160. The first kappa shape index (κ1) is 14.1. The number of carbonyl (C=O) groups is 1. The minimum Gasteiger partial charge on any atom is -0.353 e. The van der Waals surface area contributed by atoms with Gasteiger partial charge >= 0.3 is 0 Å². The van der Waals surface area contributed by atoms with E-state index in [1.807, 2.05) is 0 Å². The average Bonchev–Trinajstić information content (AvgIpc) is 2.35. The molecule has 1 aliphatic rings. The third-order valence-electron chi connectivity index (χ3n) is 3.53. The van der Waals surface area contributed by atoms with Crippen molar-refractivity contribution in [2.24, 2.45) is 11.7 Å². The van der Waals surface area contributed by atoms with Gasteiger partial charge in [-0.05, 0) is 38.1 Å². The molecule has 2 atom stereocenters. The molecule has 2 unspecified atom stereocenters. The number of hydrogen-bond donors (Lipinski definition) is 2. The van der Waals surface area contributed by atoms with Crippen LogP contribution in [0.2, 0.25) is 0 Å². The molecule has 3 heteroatoms. The van der Waals surface area contributed by atoms with Crippen LogP contribution in [-0.4, -0.2) is 18.5 Å². The molecule has 0 aliphatic heterocycles. The van der Waals surface area contributed by atoms with Crippen LogP contribution in [0.15, 0.2) is 0 Å². The topological polar surface area (TPSA) is 55.1 Å². The Hall–Kier alpha value is -1.01. The third-order valence-corrected chi connectivity index (χ3v) is 3.53. The van der Waals surface area contributed by atoms with Crippen molar-refractivity contribution >= 4 is 5.91 Å². The molecule has 1 aliphatic carbocycles. The first-order valence-electron chi connectivity index (χ1n) is 6.70. The lowest BCUT2D eigenvalue weighted by molar-refractivity contribution is -0.122. The molecule has 1 saturated carbocycles. The number of carbonyl (C=O) groups excluding carboxylic acids is 1. The van der Waals surface area contributed by atoms with Gasteiger partial charge in [-0.15, -0.1) is 12.3 Å². The molecule has 1 fully saturated rings. The summed E-state index contributed by atoms with van der Waals surface area (Å²) in [4.78, 5) is 11.7. The standard InChI is InChI=1S/C14H24N2O/c1-2-3-4-5-10-14(17)16-13-9-7-6-8-12(13)11-15/h1,12-13H,3-11,15H2,(H,16,17). The Morgan fingerprint density at radius 1 is 1.35 bits per heavy atom. The lowest BCUT2D eigenvalue weighted by Gasteiger charge is -2.31. The fraction of sp³-hybridized carbons (Fsp3) is 0.786. The van der Waals surface area contributed by atoms with Crippen molar-refractivity contribution in [1.82, 2.24) is 5.32 Å². The summed E-state index contributed by atoms with van der Waals surface area (Å²) in [6.45, 7) is 0.683. The molecule has 0 aromatic rings. The zero-order valence-corrected chi connectivity index (χ0v) is 10.6. The molecule has 1 rings (SSSR count). The van der Waals surface area contributed by atoms with Crippen molar-refractivity contribution in [1.29, 1.82) is 0 Å². The fourth-order valence-corrected chi connectivity index (χ4v) is 2.47. The fourth-order valence-electron chi connectivity index (χ4n) is 2.47. The molecule has 0 aromatic carbocycles. The summed E-state index contributed by atoms with van der Waals surface area (Å²) >= 11 is 0. The van der Waals surface area contributed by atoms with E-state index in [4.69, 9.17) is 12.2 Å². The predicted octanol–water partition coefficient (Wildman–Crippen LogP) is 1.81. The molecule has 0 radical (unpaired) electrons. The van der Waals surface area contributed by atoms with E-state index in [9.17, 15) is 4.79 Å². The maximum absolute atomic E-state index is 11.7. The van der Waals surface area contributed by atoms with Crippen LogP contribution >= 0.6 is 0 Å². The number of nitrogens with one attached hydrogen (secondary N) is 1. The maximum Gasteiger partial charge on any atom is 0.220 e. The number of hydrogen-bond acceptors (Lipinski definition) is 2. The zero-order valence-electron chi connectivity index (χ0n) is 10.6. The van der Waals surface area contributed by atoms with Crippen molar-refractivity contribution in [3.63, 3.8) is 0 Å². The monoisotopic (exact) mass is 236 g/mol. The maximum atomic E-state index is 11.7. The van der Waals surface area contributed by atoms with Crippen LogP contribution in [0.1, 0.15) is 51.4 Å². The van der Waals surface area contributed by atoms with E-state index in [0.717, 1.165) is 32.1 Å². The number of amides is 1. The van der Waals surface area contributed by atoms with Gasteiger partial charge in [-0.2, -0.15) is 0 Å². The zero-order chi connectivity index (χ0) is 12.5. The Bertz CT molecular complexity index is 270. The molecule has 0 heterocycles. The van der Waals surface area contributed by atoms with Crippen LogP contribution in [0.3, 0.4) is 0 Å². The second-order valence-electron chi connectivity index (χ2n) is 4.87. The molecule has 3 N–H and O–H groups in total. The largest absolute Gasteiger partial charge is 0.353 e. The molecule has 96 valence electrons. The van der Waals surface area contributed by atoms with Crippen LogP contribution in [0.4, 0.5) is 0 Å². The van der Waals surface area contributed by atoms with E-state index in [2.05, 4.69) is 11.2 Å². The van der Waals surface area contributed by atoms with Gasteiger partial charge in [0.05, 0.1) is 0 Å². The van der Waals surface area contributed by atoms with Crippen LogP contribution in [0, 0.1) is 18.3 Å². The molecule has 0 aromatic heterocycles. The summed E-state index contributed by atoms with van der Waals surface area (Å²) < 4.78 is 0. The summed E-state index contributed by atoms with van der Waals surface area (Å²) in [5.41, 5.74) is 5.74. The SMILES string of the molecule is C#CCCCCC(=O)NC1CCCCC1CN. The van der Waals surface area contributed by atoms with Gasteiger partial charge in [0.15, 0.2) is 0 Å². The van der Waals surface area contributed by atoms with Gasteiger partial charge in [0, 0.05) is 18.9 Å². The quantitative estimate of drug-likeness (QED) is 0.546. The van der Waals surface area contributed by atoms with Crippen molar-refractivity contribution in [3.8, 4) is 12.3 Å². The summed E-state index contributed by atoms with van der Waals surface area (Å²) in [6.07, 6.45) is 13.0. The molecular weight excluding hydrogens is 212 g/mol. The van der Waals surface area contributed by atoms with Crippen molar-refractivity contribution in [3.05, 3.63) is 0 Å². The van der Waals surface area contributed by atoms with E-state index in [1.54, 1.807) is 0 Å². The normalized spacial score (nSPS) is 24.0. The Kier molecular flexibility index (Phi) is 6.73. The summed E-state index contributed by atoms with van der Waals surface area (Å²) in [7, 11) is 0. The Morgan fingerprint density at radius 2 is 2.12 bits per heavy atom. The van der Waals surface area contributed by atoms with Gasteiger partial charge in [0.1, 0.15) is 0 Å². The van der Waals surface area contributed by atoms with Crippen molar-refractivity contribution < 1.29 is 4.79 Å². The minimum atomic E-state index is 0.160. The third kappa shape index (κ3) is 5.23. The van der Waals surface area contributed by atoms with Crippen LogP contribution in [-0.2, 0) is 4.79 Å². The Balaban J connectivity index is 2.22. The highest BCUT2D eigenvalue weighted by atomic mass is 16.1. The number of nitrogens with two attached hydrogens (primary N) is 1. The summed E-state index contributed by atoms with van der Waals surface area (Å²) in [5, 5.41) is 3.13. The molecule has 1 amide bonds. The van der Waals surface area contributed by atoms with Gasteiger partial charge in [-0.25, -0.2) is 0 Å². The number of unbranched alkanes of at least 4 members (excludes halogenated alkanes) is 2. The lowest BCUT2D eigenvalue weighted by atomic mass is 9.84. The first-order valence-corrected chi connectivity index (χ1v) is 6.70. The predicted molar refractivity (Wildman–Crippen MR) is 70.2 cm³/mol. The van der Waals surface area contributed by atoms with E-state index < -0.39 is 0 Å². The highest BCUT2D eigenvalue weighted by Gasteiger charge is 2.24. The van der Waals surface area contributed by atoms with Crippen LogP contribution in [0.5, 0.6) is 0 Å². The summed E-state index contributed by atoms with van der Waals surface area (Å²) in [5.74, 6) is 3.22. The van der Waals surface area contributed by atoms with Crippen LogP contribution in [0.25, 0.3) is 0 Å². The van der Waals surface area contributed by atoms with Gasteiger partial charge < -0.3 is 11.1 Å². The second-order valence-corrected chi connectivity index (χ2v) is 4.87. The molecule has 17 heavy (non-hydrogen) atoms. The molecular formula is C14H24N2O. The smallest absolute Gasteiger partial charge is 0.220 e. The molecule has 0 spiro atoms. The van der Waals surface area contributed by atoms with E-state index in [-0.39, 0.29) is 5.91 Å². The van der Waals surface area contributed by atoms with E-state index in [0.29, 0.717) is 24.9 Å². The molecule has 3 nitrogen and oxygen atoms in total. The van der Waals surface area contributed by atoms with E-state index in [1.165, 1.54) is 12.8 Å². The van der Waals surface area contributed by atoms with E-state index >= 15 is 0 Å². The Morgan fingerprint density at radius 3 is 2.82 bits per heavy atom. The average molecular weight is 236 g/mol. The second kappa shape index (κ2) is 8.14. The number of terminal acetylenes is 1. The molecule has 0 bridgehead atoms. The van der Waals surface area contributed by atoms with Crippen molar-refractivity contribution in [2.75, 3.05) is 6.54 Å². The molecule has 0 saturated heterocycles. The Labute approximate surface area is 105 Å². The highest BCUT2D eigenvalue weighted by Crippen LogP contribution is 2.23. The first-order chi connectivity index (χ1) is 8.27. The number of rotatable bonds is 6. The van der Waals surface area contributed by atoms with Crippen molar-refractivity contribution in [2.45, 2.75) is 57.4 Å². The van der Waals surface area contributed by atoms with Gasteiger partial charge in [0.2, 0.25) is 5.91 Å².